The topological polar surface area (TPSA) is 81.2 Å². The molecule has 19 heavy (non-hydrogen) atoms. The van der Waals surface area contributed by atoms with Crippen LogP contribution in [0.2, 0.25) is 0 Å². The number of thiophene rings is 1. The number of nitrogens with one attached hydrogen (secondary N) is 1. The molecule has 100 valence electrons. The van der Waals surface area contributed by atoms with E-state index in [0.717, 1.165) is 16.4 Å². The lowest BCUT2D eigenvalue weighted by Gasteiger charge is -2.04. The van der Waals surface area contributed by atoms with Gasteiger partial charge in [0.15, 0.2) is 0 Å². The fourth-order valence-corrected chi connectivity index (χ4v) is 2.70. The number of esters is 1. The molecule has 8 heteroatoms. The van der Waals surface area contributed by atoms with E-state index in [-0.39, 0.29) is 5.91 Å². The minimum absolute atomic E-state index is 0.292. The molecule has 0 aliphatic carbocycles. The number of anilines is 1. The van der Waals surface area contributed by atoms with Crippen molar-refractivity contribution >= 4 is 39.7 Å². The highest BCUT2D eigenvalue weighted by molar-refractivity contribution is 7.16. The van der Waals surface area contributed by atoms with E-state index >= 15 is 0 Å². The van der Waals surface area contributed by atoms with Crippen molar-refractivity contribution in [2.24, 2.45) is 0 Å². The minimum Gasteiger partial charge on any atom is -0.462 e. The zero-order valence-electron chi connectivity index (χ0n) is 10.3. The third-order valence-corrected chi connectivity index (χ3v) is 3.79. The molecule has 0 saturated heterocycles. The number of amides is 1. The van der Waals surface area contributed by atoms with Crippen molar-refractivity contribution in [2.45, 2.75) is 13.8 Å². The molecule has 0 saturated carbocycles. The lowest BCUT2D eigenvalue weighted by molar-refractivity contribution is 0.0528. The number of nitrogens with zero attached hydrogens (tertiary/aromatic N) is 2. The van der Waals surface area contributed by atoms with Gasteiger partial charge in [0.2, 0.25) is 0 Å². The Bertz CT molecular complexity index is 592. The van der Waals surface area contributed by atoms with E-state index in [4.69, 9.17) is 4.74 Å². The van der Waals surface area contributed by atoms with Crippen molar-refractivity contribution < 1.29 is 14.3 Å². The van der Waals surface area contributed by atoms with Crippen LogP contribution in [-0.4, -0.2) is 28.1 Å². The quantitative estimate of drug-likeness (QED) is 0.876. The summed E-state index contributed by atoms with van der Waals surface area (Å²) in [6.07, 6.45) is 1.38. The van der Waals surface area contributed by atoms with Crippen molar-refractivity contribution in [3.63, 3.8) is 0 Å². The molecule has 1 amide bonds. The summed E-state index contributed by atoms with van der Waals surface area (Å²) in [5.74, 6) is -0.771. The molecule has 0 aromatic carbocycles. The van der Waals surface area contributed by atoms with Gasteiger partial charge < -0.3 is 10.1 Å². The summed E-state index contributed by atoms with van der Waals surface area (Å²) in [5, 5.41) is 6.76. The number of hydrogen-bond acceptors (Lipinski definition) is 7. The Balaban J connectivity index is 2.20. The second-order valence-corrected chi connectivity index (χ2v) is 5.60. The number of aryl methyl sites for hydroxylation is 1. The number of hydrogen-bond donors (Lipinski definition) is 1. The highest BCUT2D eigenvalue weighted by Crippen LogP contribution is 2.28. The van der Waals surface area contributed by atoms with Crippen LogP contribution in [0.15, 0.2) is 12.3 Å². The molecule has 2 rings (SSSR count). The molecule has 2 heterocycles. The van der Waals surface area contributed by atoms with E-state index in [1.807, 2.05) is 6.92 Å². The van der Waals surface area contributed by atoms with Gasteiger partial charge in [0.25, 0.3) is 5.91 Å². The van der Waals surface area contributed by atoms with Crippen LogP contribution in [0.25, 0.3) is 0 Å². The molecule has 0 aliphatic rings. The number of carbonyl (C=O) groups excluding carboxylic acids is 2. The Kier molecular flexibility index (Phi) is 4.23. The van der Waals surface area contributed by atoms with Crippen LogP contribution in [0.5, 0.6) is 0 Å². The summed E-state index contributed by atoms with van der Waals surface area (Å²) in [6, 6.07) is 1.70. The Hall–Kier alpha value is -1.80. The molecule has 0 atom stereocenters. The van der Waals surface area contributed by atoms with Crippen LogP contribution < -0.4 is 5.32 Å². The van der Waals surface area contributed by atoms with Gasteiger partial charge in [-0.25, -0.2) is 4.79 Å². The maximum absolute atomic E-state index is 11.9. The maximum Gasteiger partial charge on any atom is 0.341 e. The fraction of sp³-hybridized carbons (Fsp3) is 0.273. The second kappa shape index (κ2) is 5.89. The van der Waals surface area contributed by atoms with E-state index in [2.05, 4.69) is 14.9 Å². The average molecular weight is 297 g/mol. The SMILES string of the molecule is CCOC(=O)c1cc(C)sc1NC(=O)c1cnns1. The molecular weight excluding hydrogens is 286 g/mol. The molecule has 0 aliphatic heterocycles. The van der Waals surface area contributed by atoms with Crippen molar-refractivity contribution in [3.05, 3.63) is 27.6 Å². The fourth-order valence-electron chi connectivity index (χ4n) is 1.40. The van der Waals surface area contributed by atoms with E-state index in [9.17, 15) is 9.59 Å². The first kappa shape index (κ1) is 13.6. The first-order valence-electron chi connectivity index (χ1n) is 5.48. The highest BCUT2D eigenvalue weighted by Gasteiger charge is 2.19. The molecular formula is C11H11N3O3S2. The maximum atomic E-state index is 11.9. The lowest BCUT2D eigenvalue weighted by atomic mass is 10.3. The summed E-state index contributed by atoms with van der Waals surface area (Å²) in [7, 11) is 0. The van der Waals surface area contributed by atoms with Gasteiger partial charge in [-0.1, -0.05) is 4.49 Å². The Morgan fingerprint density at radius 1 is 1.47 bits per heavy atom. The van der Waals surface area contributed by atoms with Crippen molar-refractivity contribution in [1.82, 2.24) is 9.59 Å². The predicted molar refractivity (Wildman–Crippen MR) is 72.9 cm³/mol. The Morgan fingerprint density at radius 2 is 2.26 bits per heavy atom. The number of aromatic nitrogens is 2. The highest BCUT2D eigenvalue weighted by atomic mass is 32.1. The Morgan fingerprint density at radius 3 is 2.89 bits per heavy atom. The summed E-state index contributed by atoms with van der Waals surface area (Å²) in [6.45, 7) is 3.88. The van der Waals surface area contributed by atoms with Crippen LogP contribution in [0.4, 0.5) is 5.00 Å². The average Bonchev–Trinajstić information content (AvgIpc) is 2.98. The van der Waals surface area contributed by atoms with Crippen LogP contribution in [0.1, 0.15) is 31.8 Å². The molecule has 0 bridgehead atoms. The minimum atomic E-state index is -0.440. The van der Waals surface area contributed by atoms with Crippen LogP contribution >= 0.6 is 22.9 Å². The monoisotopic (exact) mass is 297 g/mol. The summed E-state index contributed by atoms with van der Waals surface area (Å²) < 4.78 is 8.57. The van der Waals surface area contributed by atoms with Crippen molar-refractivity contribution in [3.8, 4) is 0 Å². The Labute approximate surface area is 117 Å². The summed E-state index contributed by atoms with van der Waals surface area (Å²) in [4.78, 5) is 25.0. The van der Waals surface area contributed by atoms with E-state index in [0.29, 0.717) is 22.0 Å². The lowest BCUT2D eigenvalue weighted by Crippen LogP contribution is -2.13. The van der Waals surface area contributed by atoms with Gasteiger partial charge in [0.05, 0.1) is 18.4 Å². The normalized spacial score (nSPS) is 10.2. The molecule has 2 aromatic rings. The first-order valence-corrected chi connectivity index (χ1v) is 7.07. The molecule has 0 unspecified atom stereocenters. The van der Waals surface area contributed by atoms with Gasteiger partial charge in [-0.2, -0.15) is 0 Å². The predicted octanol–water partition coefficient (Wildman–Crippen LogP) is 2.34. The van der Waals surface area contributed by atoms with Crippen molar-refractivity contribution in [1.29, 1.82) is 0 Å². The molecule has 0 spiro atoms. The molecule has 1 N–H and O–H groups in total. The van der Waals surface area contributed by atoms with Crippen LogP contribution in [0, 0.1) is 6.92 Å². The zero-order chi connectivity index (χ0) is 13.8. The molecule has 2 aromatic heterocycles. The number of ether oxygens (including phenoxy) is 1. The van der Waals surface area contributed by atoms with E-state index < -0.39 is 5.97 Å². The number of carbonyl (C=O) groups is 2. The third-order valence-electron chi connectivity index (χ3n) is 2.16. The second-order valence-electron chi connectivity index (χ2n) is 3.56. The van der Waals surface area contributed by atoms with E-state index in [1.54, 1.807) is 13.0 Å². The molecule has 6 nitrogen and oxygen atoms in total. The zero-order valence-corrected chi connectivity index (χ0v) is 11.9. The van der Waals surface area contributed by atoms with Crippen LogP contribution in [-0.2, 0) is 4.74 Å². The third kappa shape index (κ3) is 3.15. The standard InChI is InChI=1S/C11H11N3O3S2/c1-3-17-11(16)7-4-6(2)18-10(7)13-9(15)8-5-12-14-19-8/h4-5H,3H2,1-2H3,(H,13,15). The van der Waals surface area contributed by atoms with Gasteiger partial charge in [0, 0.05) is 4.88 Å². The van der Waals surface area contributed by atoms with Crippen LogP contribution in [0.3, 0.4) is 0 Å². The van der Waals surface area contributed by atoms with Gasteiger partial charge in [-0.05, 0) is 31.4 Å². The smallest absolute Gasteiger partial charge is 0.341 e. The van der Waals surface area contributed by atoms with Crippen molar-refractivity contribution in [2.75, 3.05) is 11.9 Å². The number of rotatable bonds is 4. The molecule has 0 fully saturated rings. The largest absolute Gasteiger partial charge is 0.462 e. The van der Waals surface area contributed by atoms with Gasteiger partial charge in [0.1, 0.15) is 9.88 Å². The van der Waals surface area contributed by atoms with E-state index in [1.165, 1.54) is 17.5 Å². The van der Waals surface area contributed by atoms with Gasteiger partial charge in [-0.15, -0.1) is 16.4 Å². The molecule has 0 radical (unpaired) electrons. The first-order chi connectivity index (χ1) is 9.11. The summed E-state index contributed by atoms with van der Waals surface area (Å²) in [5.41, 5.74) is 0.371. The summed E-state index contributed by atoms with van der Waals surface area (Å²) >= 11 is 2.32. The van der Waals surface area contributed by atoms with Gasteiger partial charge in [-0.3, -0.25) is 4.79 Å². The van der Waals surface area contributed by atoms with Gasteiger partial charge >= 0.3 is 5.97 Å².